The number of amides is 1. The molecule has 10 heteroatoms. The van der Waals surface area contributed by atoms with E-state index in [1.807, 2.05) is 6.07 Å². The molecule has 2 aromatic carbocycles. The Labute approximate surface area is 201 Å². The average molecular weight is 494 g/mol. The van der Waals surface area contributed by atoms with Gasteiger partial charge < -0.3 is 19.4 Å². The number of hydrogen-bond acceptors (Lipinski definition) is 6. The lowest BCUT2D eigenvalue weighted by Gasteiger charge is -2.42. The highest BCUT2D eigenvalue weighted by Gasteiger charge is 2.39. The van der Waals surface area contributed by atoms with Gasteiger partial charge in [0.15, 0.2) is 11.5 Å². The van der Waals surface area contributed by atoms with Crippen molar-refractivity contribution in [3.8, 4) is 11.5 Å². The van der Waals surface area contributed by atoms with E-state index in [9.17, 15) is 18.0 Å². The van der Waals surface area contributed by atoms with Gasteiger partial charge in [0.05, 0.1) is 4.90 Å². The maximum absolute atomic E-state index is 13.4. The van der Waals surface area contributed by atoms with Crippen LogP contribution in [0.4, 0.5) is 5.69 Å². The highest BCUT2D eigenvalue weighted by molar-refractivity contribution is 7.89. The number of carbonyl (C=O) groups is 1. The Hall–Kier alpha value is -3.63. The number of rotatable bonds is 4. The molecule has 1 saturated heterocycles. The zero-order chi connectivity index (χ0) is 24.2. The molecular formula is C25H23N3O6S. The van der Waals surface area contributed by atoms with Gasteiger partial charge in [0, 0.05) is 48.6 Å². The molecule has 2 atom stereocenters. The van der Waals surface area contributed by atoms with E-state index in [-0.39, 0.29) is 35.0 Å². The molecular weight excluding hydrogens is 470 g/mol. The van der Waals surface area contributed by atoms with Gasteiger partial charge in [0.25, 0.3) is 11.5 Å². The highest BCUT2D eigenvalue weighted by Crippen LogP contribution is 2.37. The van der Waals surface area contributed by atoms with Gasteiger partial charge in [-0.3, -0.25) is 9.59 Å². The van der Waals surface area contributed by atoms with Crippen LogP contribution in [-0.2, 0) is 16.6 Å². The first-order valence-electron chi connectivity index (χ1n) is 11.4. The average Bonchev–Trinajstić information content (AvgIpc) is 3.33. The van der Waals surface area contributed by atoms with Crippen LogP contribution in [0.2, 0.25) is 0 Å². The van der Waals surface area contributed by atoms with Crippen molar-refractivity contribution in [1.82, 2.24) is 8.87 Å². The van der Waals surface area contributed by atoms with Crippen LogP contribution in [0.5, 0.6) is 11.5 Å². The number of carbonyl (C=O) groups excluding carboxylic acids is 1. The zero-order valence-electron chi connectivity index (χ0n) is 18.7. The largest absolute Gasteiger partial charge is 0.454 e. The summed E-state index contributed by atoms with van der Waals surface area (Å²) in [5.74, 6) is 0.853. The molecule has 0 aliphatic carbocycles. The Bertz CT molecular complexity index is 1480. The third-order valence-corrected chi connectivity index (χ3v) is 8.68. The van der Waals surface area contributed by atoms with Gasteiger partial charge in [-0.25, -0.2) is 8.42 Å². The number of nitrogens with zero attached hydrogens (tertiary/aromatic N) is 2. The Balaban J connectivity index is 1.18. The summed E-state index contributed by atoms with van der Waals surface area (Å²) < 4.78 is 40.7. The maximum Gasteiger partial charge on any atom is 0.255 e. The summed E-state index contributed by atoms with van der Waals surface area (Å²) in [6, 6.07) is 16.3. The lowest BCUT2D eigenvalue weighted by Crippen LogP contribution is -2.48. The number of ether oxygens (including phenoxy) is 2. The molecule has 1 fully saturated rings. The normalized spacial score (nSPS) is 20.8. The van der Waals surface area contributed by atoms with Crippen LogP contribution in [0.1, 0.15) is 28.4 Å². The quantitative estimate of drug-likeness (QED) is 0.599. The molecule has 2 bridgehead atoms. The number of benzene rings is 2. The maximum atomic E-state index is 13.4. The van der Waals surface area contributed by atoms with Gasteiger partial charge in [-0.2, -0.15) is 4.31 Å². The van der Waals surface area contributed by atoms with E-state index >= 15 is 0 Å². The second-order valence-electron chi connectivity index (χ2n) is 9.07. The summed E-state index contributed by atoms with van der Waals surface area (Å²) in [7, 11) is -3.72. The van der Waals surface area contributed by atoms with Crippen molar-refractivity contribution >= 4 is 21.6 Å². The fourth-order valence-electron chi connectivity index (χ4n) is 5.15. The lowest BCUT2D eigenvalue weighted by atomic mass is 9.84. The Kier molecular flexibility index (Phi) is 5.15. The summed E-state index contributed by atoms with van der Waals surface area (Å²) in [6.45, 7) is 1.37. The van der Waals surface area contributed by atoms with E-state index in [1.165, 1.54) is 16.4 Å². The van der Waals surface area contributed by atoms with E-state index in [0.717, 1.165) is 12.1 Å². The Morgan fingerprint density at radius 1 is 0.943 bits per heavy atom. The minimum absolute atomic E-state index is 0.00793. The smallest absolute Gasteiger partial charge is 0.255 e. The molecule has 180 valence electrons. The van der Waals surface area contributed by atoms with Crippen molar-refractivity contribution < 1.29 is 22.7 Å². The van der Waals surface area contributed by atoms with E-state index in [4.69, 9.17) is 9.47 Å². The van der Waals surface area contributed by atoms with Gasteiger partial charge in [0.2, 0.25) is 16.8 Å². The first-order chi connectivity index (χ1) is 16.9. The predicted octanol–water partition coefficient (Wildman–Crippen LogP) is 2.64. The number of hydrogen-bond donors (Lipinski definition) is 1. The fourth-order valence-corrected chi connectivity index (χ4v) is 6.71. The number of piperidine rings is 1. The van der Waals surface area contributed by atoms with Crippen molar-refractivity contribution in [1.29, 1.82) is 0 Å². The second kappa shape index (κ2) is 8.24. The molecule has 4 heterocycles. The van der Waals surface area contributed by atoms with Crippen LogP contribution in [0, 0.1) is 5.92 Å². The van der Waals surface area contributed by atoms with Crippen molar-refractivity contribution in [2.45, 2.75) is 23.8 Å². The topological polar surface area (TPSA) is 107 Å². The molecule has 3 aliphatic rings. The zero-order valence-corrected chi connectivity index (χ0v) is 19.5. The molecule has 0 spiro atoms. The summed E-state index contributed by atoms with van der Waals surface area (Å²) in [6.07, 6.45) is 0.875. The fraction of sp³-hybridized carbons (Fsp3) is 0.280. The molecule has 1 amide bonds. The first kappa shape index (κ1) is 21.9. The SMILES string of the molecule is O=C(Nc1ccc(S(=O)(=O)N2C[C@H]3C[C@@H](C2)c2cccc(=O)n2C3)cc1)c1ccc2c(c1)OCO2. The molecule has 0 unspecified atom stereocenters. The van der Waals surface area contributed by atoms with Gasteiger partial charge >= 0.3 is 0 Å². The second-order valence-corrected chi connectivity index (χ2v) is 11.0. The van der Waals surface area contributed by atoms with E-state index in [2.05, 4.69) is 5.32 Å². The molecule has 3 aliphatic heterocycles. The molecule has 35 heavy (non-hydrogen) atoms. The molecule has 9 nitrogen and oxygen atoms in total. The third-order valence-electron chi connectivity index (χ3n) is 6.83. The van der Waals surface area contributed by atoms with Gasteiger partial charge in [0.1, 0.15) is 0 Å². The van der Waals surface area contributed by atoms with Crippen LogP contribution in [0.3, 0.4) is 0 Å². The Morgan fingerprint density at radius 3 is 2.57 bits per heavy atom. The number of aromatic nitrogens is 1. The molecule has 0 radical (unpaired) electrons. The minimum Gasteiger partial charge on any atom is -0.454 e. The molecule has 6 rings (SSSR count). The number of anilines is 1. The minimum atomic E-state index is -3.72. The monoisotopic (exact) mass is 493 g/mol. The Morgan fingerprint density at radius 2 is 1.74 bits per heavy atom. The van der Waals surface area contributed by atoms with Crippen LogP contribution < -0.4 is 20.3 Å². The van der Waals surface area contributed by atoms with E-state index < -0.39 is 10.0 Å². The highest BCUT2D eigenvalue weighted by atomic mass is 32.2. The van der Waals surface area contributed by atoms with Crippen LogP contribution in [0.15, 0.2) is 70.4 Å². The van der Waals surface area contributed by atoms with Crippen molar-refractivity contribution in [2.75, 3.05) is 25.2 Å². The summed E-state index contributed by atoms with van der Waals surface area (Å²) in [4.78, 5) is 25.0. The number of fused-ring (bicyclic) bond motifs is 5. The van der Waals surface area contributed by atoms with E-state index in [1.54, 1.807) is 47.0 Å². The van der Waals surface area contributed by atoms with E-state index in [0.29, 0.717) is 42.4 Å². The number of pyridine rings is 1. The first-order valence-corrected chi connectivity index (χ1v) is 12.8. The van der Waals surface area contributed by atoms with Gasteiger partial charge in [-0.05, 0) is 60.9 Å². The molecule has 3 aromatic rings. The standard InChI is InChI=1S/C25H23N3O6S/c29-24-3-1-2-21-18-10-16(13-28(21)24)12-27(14-18)35(31,32)20-7-5-19(6-8-20)26-25(30)17-4-9-22-23(11-17)34-15-33-22/h1-9,11,16,18H,10,12-15H2,(H,26,30)/t16-,18+/m1/s1. The molecule has 1 N–H and O–H groups in total. The van der Waals surface area contributed by atoms with Gasteiger partial charge in [-0.1, -0.05) is 6.07 Å². The predicted molar refractivity (Wildman–Crippen MR) is 127 cm³/mol. The van der Waals surface area contributed by atoms with Gasteiger partial charge in [-0.15, -0.1) is 0 Å². The summed E-state index contributed by atoms with van der Waals surface area (Å²) in [5, 5.41) is 2.78. The molecule has 1 aromatic heterocycles. The summed E-state index contributed by atoms with van der Waals surface area (Å²) in [5.41, 5.74) is 1.75. The molecule has 0 saturated carbocycles. The van der Waals surface area contributed by atoms with Crippen molar-refractivity contribution in [2.24, 2.45) is 5.92 Å². The van der Waals surface area contributed by atoms with Crippen LogP contribution in [0.25, 0.3) is 0 Å². The number of sulfonamides is 1. The van der Waals surface area contributed by atoms with Crippen LogP contribution >= 0.6 is 0 Å². The van der Waals surface area contributed by atoms with Crippen molar-refractivity contribution in [3.63, 3.8) is 0 Å². The third kappa shape index (κ3) is 3.88. The summed E-state index contributed by atoms with van der Waals surface area (Å²) >= 11 is 0. The lowest BCUT2D eigenvalue weighted by molar-refractivity contribution is 0.102. The van der Waals surface area contributed by atoms with Crippen LogP contribution in [-0.4, -0.2) is 43.1 Å². The number of nitrogens with one attached hydrogen (secondary N) is 1. The van der Waals surface area contributed by atoms with Crippen molar-refractivity contribution in [3.05, 3.63) is 82.3 Å².